The van der Waals surface area contributed by atoms with Gasteiger partial charge >= 0.3 is 7.82 Å². The average molecular weight is 833 g/mol. The number of methoxy groups -OCH3 is 1. The lowest BCUT2D eigenvalue weighted by Crippen LogP contribution is -2.50. The number of fused-ring (bicyclic) bond motifs is 1. The van der Waals surface area contributed by atoms with Crippen LogP contribution in [0.25, 0.3) is 5.52 Å². The second-order valence-corrected chi connectivity index (χ2v) is 16.6. The Morgan fingerprint density at radius 2 is 1.51 bits per heavy atom. The van der Waals surface area contributed by atoms with Gasteiger partial charge in [0.1, 0.15) is 36.7 Å². The van der Waals surface area contributed by atoms with E-state index < -0.39 is 38.3 Å². The lowest BCUT2D eigenvalue weighted by Gasteiger charge is -2.33. The summed E-state index contributed by atoms with van der Waals surface area (Å²) in [6, 6.07) is 11.7. The van der Waals surface area contributed by atoms with E-state index >= 15 is 0 Å². The zero-order valence-corrected chi connectivity index (χ0v) is 35.2. The molecular weight excluding hydrogens is 771 g/mol. The number of rotatable bonds is 31. The third-order valence-electron chi connectivity index (χ3n) is 10.2. The van der Waals surface area contributed by atoms with E-state index in [-0.39, 0.29) is 24.7 Å². The highest BCUT2D eigenvalue weighted by molar-refractivity contribution is 7.47. The number of aliphatic hydroxyl groups excluding tert-OH is 2. The number of phosphoric acid groups is 1. The molecule has 16 heteroatoms. The highest BCUT2D eigenvalue weighted by Crippen LogP contribution is 2.45. The zero-order valence-electron chi connectivity index (χ0n) is 33.6. The quantitative estimate of drug-likeness (QED) is 0.0352. The second kappa shape index (κ2) is 26.1. The number of hydrogen-bond acceptors (Lipinski definition) is 12. The molecule has 2 aromatic heterocycles. The standard InChI is InChI=1S/C41H62ClN6O8P/c1-3-4-5-6-7-8-9-10-11-12-13-14-15-16-17-18-19-20-35(54-27-33-23-32(26-43)24-34(42)25-33)28-55-57(51,52)56-30-41(29-44,53-2)39(50)38(49)36-21-22-37-40(45)46-31-47-48(36)37/h21-25,31,35,38-39,49-50H,3-20,27-28,30H2,1-2H3,(H,51,52)(H2,45,46,47)/t35-,38+,39+,41?/m1/s1. The minimum absolute atomic E-state index is 0.0673. The van der Waals surface area contributed by atoms with Gasteiger partial charge in [0.05, 0.1) is 36.6 Å². The van der Waals surface area contributed by atoms with Gasteiger partial charge in [-0.1, -0.05) is 128 Å². The number of phosphoric ester groups is 1. The molecule has 3 aromatic rings. The predicted octanol–water partition coefficient (Wildman–Crippen LogP) is 8.90. The Hall–Kier alpha value is -3.14. The second-order valence-electron chi connectivity index (χ2n) is 14.7. The summed E-state index contributed by atoms with van der Waals surface area (Å²) in [5, 5.41) is 46.0. The summed E-state index contributed by atoms with van der Waals surface area (Å²) in [6.07, 6.45) is 18.5. The van der Waals surface area contributed by atoms with Gasteiger partial charge in [0, 0.05) is 12.1 Å². The van der Waals surface area contributed by atoms with E-state index in [1.165, 1.54) is 100 Å². The van der Waals surface area contributed by atoms with E-state index in [0.717, 1.165) is 39.1 Å². The van der Waals surface area contributed by atoms with Crippen LogP contribution in [0, 0.1) is 22.7 Å². The van der Waals surface area contributed by atoms with Gasteiger partial charge in [-0.2, -0.15) is 15.6 Å². The van der Waals surface area contributed by atoms with Crippen LogP contribution in [0.3, 0.4) is 0 Å². The lowest BCUT2D eigenvalue weighted by atomic mass is 9.93. The molecule has 0 aliphatic rings. The number of halogens is 1. The zero-order chi connectivity index (χ0) is 41.5. The number of benzene rings is 1. The highest BCUT2D eigenvalue weighted by atomic mass is 35.5. The van der Waals surface area contributed by atoms with Crippen molar-refractivity contribution in [1.82, 2.24) is 14.6 Å². The summed E-state index contributed by atoms with van der Waals surface area (Å²) in [5.41, 5.74) is 5.04. The van der Waals surface area contributed by atoms with Gasteiger partial charge in [0.2, 0.25) is 5.60 Å². The van der Waals surface area contributed by atoms with Crippen LogP contribution in [0.2, 0.25) is 5.02 Å². The molecule has 14 nitrogen and oxygen atoms in total. The maximum absolute atomic E-state index is 13.1. The number of anilines is 1. The van der Waals surface area contributed by atoms with Crippen molar-refractivity contribution in [2.45, 2.75) is 153 Å². The van der Waals surface area contributed by atoms with Crippen LogP contribution < -0.4 is 5.73 Å². The Labute approximate surface area is 342 Å². The minimum Gasteiger partial charge on any atom is -0.386 e. The number of nitrogens with two attached hydrogens (primary N) is 1. The number of unbranched alkanes of at least 4 members (excludes halogenated alkanes) is 16. The van der Waals surface area contributed by atoms with Gasteiger partial charge in [-0.3, -0.25) is 9.05 Å². The maximum Gasteiger partial charge on any atom is 0.472 e. The SMILES string of the molecule is CCCCCCCCCCCCCCCCCCC[C@H](COP(=O)(O)OCC(C#N)(OC)[C@@H](O)[C@@H](O)c1ccc2c(N)ncnn12)OCc1cc(Cl)cc(C#N)c1. The smallest absolute Gasteiger partial charge is 0.386 e. The minimum atomic E-state index is -4.85. The van der Waals surface area contributed by atoms with Crippen LogP contribution in [0.4, 0.5) is 5.82 Å². The van der Waals surface area contributed by atoms with Crippen LogP contribution in [0.15, 0.2) is 36.7 Å². The van der Waals surface area contributed by atoms with Crippen molar-refractivity contribution in [2.75, 3.05) is 26.1 Å². The first-order valence-corrected chi connectivity index (χ1v) is 22.2. The first-order valence-electron chi connectivity index (χ1n) is 20.3. The van der Waals surface area contributed by atoms with Gasteiger partial charge in [-0.05, 0) is 42.3 Å². The van der Waals surface area contributed by atoms with Crippen molar-refractivity contribution in [1.29, 1.82) is 10.5 Å². The van der Waals surface area contributed by atoms with Gasteiger partial charge in [0.15, 0.2) is 5.82 Å². The molecule has 0 fully saturated rings. The fourth-order valence-electron chi connectivity index (χ4n) is 6.74. The molecule has 0 radical (unpaired) electrons. The van der Waals surface area contributed by atoms with Crippen LogP contribution >= 0.6 is 19.4 Å². The molecule has 0 saturated heterocycles. The largest absolute Gasteiger partial charge is 0.472 e. The van der Waals surface area contributed by atoms with Crippen molar-refractivity contribution < 1.29 is 38.2 Å². The summed E-state index contributed by atoms with van der Waals surface area (Å²) in [7, 11) is -3.75. The molecule has 2 heterocycles. The topological polar surface area (TPSA) is 218 Å². The van der Waals surface area contributed by atoms with Crippen molar-refractivity contribution in [3.05, 3.63) is 58.5 Å². The van der Waals surface area contributed by atoms with E-state index in [1.54, 1.807) is 24.3 Å². The Morgan fingerprint density at radius 3 is 2.07 bits per heavy atom. The first kappa shape index (κ1) is 48.2. The molecule has 5 N–H and O–H groups in total. The molecule has 0 bridgehead atoms. The van der Waals surface area contributed by atoms with Crippen molar-refractivity contribution in [3.63, 3.8) is 0 Å². The van der Waals surface area contributed by atoms with Crippen LogP contribution in [-0.4, -0.2) is 67.8 Å². The molecule has 0 spiro atoms. The summed E-state index contributed by atoms with van der Waals surface area (Å²) in [4.78, 5) is 14.6. The number of hydrogen-bond donors (Lipinski definition) is 4. The molecule has 0 aliphatic carbocycles. The summed E-state index contributed by atoms with van der Waals surface area (Å²) >= 11 is 6.18. The van der Waals surface area contributed by atoms with Crippen LogP contribution in [0.1, 0.15) is 145 Å². The number of nitrogens with zero attached hydrogens (tertiary/aromatic N) is 5. The van der Waals surface area contributed by atoms with Crippen molar-refractivity contribution in [3.8, 4) is 12.1 Å². The van der Waals surface area contributed by atoms with E-state index in [9.17, 15) is 30.2 Å². The van der Waals surface area contributed by atoms with E-state index in [4.69, 9.17) is 35.9 Å². The third-order valence-corrected chi connectivity index (χ3v) is 11.4. The molecule has 0 aliphatic heterocycles. The van der Waals surface area contributed by atoms with Gasteiger partial charge in [0.25, 0.3) is 0 Å². The molecule has 57 heavy (non-hydrogen) atoms. The number of nitrogen functional groups attached to an aromatic ring is 1. The van der Waals surface area contributed by atoms with Crippen LogP contribution in [-0.2, 0) is 29.7 Å². The molecule has 1 aromatic carbocycles. The van der Waals surface area contributed by atoms with Gasteiger partial charge in [-0.25, -0.2) is 14.1 Å². The number of aromatic nitrogens is 3. The lowest BCUT2D eigenvalue weighted by molar-refractivity contribution is -0.134. The molecule has 5 atom stereocenters. The Kier molecular flexibility index (Phi) is 22.1. The first-order chi connectivity index (χ1) is 27.5. The molecule has 3 rings (SSSR count). The van der Waals surface area contributed by atoms with E-state index in [2.05, 4.69) is 23.1 Å². The van der Waals surface area contributed by atoms with Crippen molar-refractivity contribution in [2.24, 2.45) is 0 Å². The molecule has 0 amide bonds. The summed E-state index contributed by atoms with van der Waals surface area (Å²) in [5.74, 6) is 0.129. The van der Waals surface area contributed by atoms with E-state index in [1.807, 2.05) is 0 Å². The normalized spacial score (nSPS) is 15.4. The van der Waals surface area contributed by atoms with Gasteiger partial charge in [-0.15, -0.1) is 0 Å². The monoisotopic (exact) mass is 832 g/mol. The Bertz CT molecular complexity index is 1750. The third kappa shape index (κ3) is 16.6. The maximum atomic E-state index is 13.1. The molecule has 316 valence electrons. The average Bonchev–Trinajstić information content (AvgIpc) is 3.65. The Balaban J connectivity index is 1.48. The van der Waals surface area contributed by atoms with Crippen LogP contribution in [0.5, 0.6) is 0 Å². The number of nitriles is 2. The highest BCUT2D eigenvalue weighted by Gasteiger charge is 2.46. The summed E-state index contributed by atoms with van der Waals surface area (Å²) < 4.78 is 36.3. The molecular formula is C41H62ClN6O8P. The fraction of sp³-hybridized carbons (Fsp3) is 0.659. The van der Waals surface area contributed by atoms with E-state index in [0.29, 0.717) is 28.1 Å². The number of ether oxygens (including phenoxy) is 2. The predicted molar refractivity (Wildman–Crippen MR) is 219 cm³/mol. The fourth-order valence-corrected chi connectivity index (χ4v) is 7.78. The van der Waals surface area contributed by atoms with Crippen molar-refractivity contribution >= 4 is 30.8 Å². The number of aliphatic hydroxyl groups is 2. The Morgan fingerprint density at radius 1 is 0.912 bits per heavy atom. The molecule has 2 unspecified atom stereocenters. The summed E-state index contributed by atoms with van der Waals surface area (Å²) in [6.45, 7) is 1.07. The molecule has 0 saturated carbocycles. The van der Waals surface area contributed by atoms with Gasteiger partial charge < -0.3 is 30.3 Å².